The van der Waals surface area contributed by atoms with Crippen LogP contribution in [0.5, 0.6) is 0 Å². The molecule has 0 bridgehead atoms. The summed E-state index contributed by atoms with van der Waals surface area (Å²) in [5.41, 5.74) is -0.200. The molecule has 0 radical (unpaired) electrons. The first-order chi connectivity index (χ1) is 15.6. The molecule has 0 saturated heterocycles. The van der Waals surface area contributed by atoms with Gasteiger partial charge in [-0.15, -0.1) is 0 Å². The lowest BCUT2D eigenvalue weighted by molar-refractivity contribution is -0.0886. The van der Waals surface area contributed by atoms with Crippen LogP contribution in [-0.2, 0) is 0 Å². The first-order valence-corrected chi connectivity index (χ1v) is 12.0. The molecule has 6 unspecified atom stereocenters. The van der Waals surface area contributed by atoms with Gasteiger partial charge in [0.25, 0.3) is 0 Å². The Morgan fingerprint density at radius 3 is 2.61 bits per heavy atom. The van der Waals surface area contributed by atoms with E-state index in [1.165, 1.54) is 31.1 Å². The van der Waals surface area contributed by atoms with Crippen molar-refractivity contribution in [2.75, 3.05) is 0 Å². The van der Waals surface area contributed by atoms with Gasteiger partial charge in [-0.1, -0.05) is 55.9 Å². The van der Waals surface area contributed by atoms with E-state index in [9.17, 15) is 15.3 Å². The van der Waals surface area contributed by atoms with E-state index in [2.05, 4.69) is 32.6 Å². The molecule has 3 saturated carbocycles. The molecule has 0 amide bonds. The second-order valence-corrected chi connectivity index (χ2v) is 11.1. The van der Waals surface area contributed by atoms with Gasteiger partial charge in [0.2, 0.25) is 0 Å². The Morgan fingerprint density at radius 1 is 1.19 bits per heavy atom. The molecule has 174 valence electrons. The molecule has 3 N–H and O–H groups in total. The van der Waals surface area contributed by atoms with E-state index in [-0.39, 0.29) is 17.4 Å². The topological polar surface area (TPSA) is 60.7 Å². The van der Waals surface area contributed by atoms with Crippen LogP contribution in [-0.4, -0.2) is 32.6 Å². The minimum Gasteiger partial charge on any atom is -0.393 e. The molecular formula is C28H44O3. The number of fused-ring (bicyclic) bond motifs is 1. The van der Waals surface area contributed by atoms with Gasteiger partial charge in [0.1, 0.15) is 5.60 Å². The molecule has 0 heterocycles. The van der Waals surface area contributed by atoms with Crippen molar-refractivity contribution in [1.82, 2.24) is 0 Å². The summed E-state index contributed by atoms with van der Waals surface area (Å²) in [5.74, 6) is 0.938. The zero-order chi connectivity index (χ0) is 25.5. The lowest BCUT2D eigenvalue weighted by Crippen LogP contribution is -2.46. The SMILES string of the molecule is [2H]C([2H])([2H])C(O)(/C=C/C(C)C1CCC2/C(=C\C=C3/CC(O)CCC3=C)CCCC21C)C(C)(C)O. The summed E-state index contributed by atoms with van der Waals surface area (Å²) in [4.78, 5) is 0. The van der Waals surface area contributed by atoms with Gasteiger partial charge >= 0.3 is 0 Å². The fraction of sp³-hybridized carbons (Fsp3) is 0.714. The molecule has 3 aliphatic carbocycles. The van der Waals surface area contributed by atoms with Crippen molar-refractivity contribution in [2.45, 2.75) is 103 Å². The number of aliphatic hydroxyl groups excluding tert-OH is 1. The standard InChI is InChI=1S/C28H44O3/c1-19-9-12-23(29)18-22(19)11-10-21-8-7-16-27(5)24(13-14-25(21)27)20(2)15-17-28(6,31)26(3,4)30/h10-11,15,17,20,23-25,29-31H,1,7-9,12-14,16,18H2,2-6H3/b17-15+,21-10-,22-11+/i6D3. The van der Waals surface area contributed by atoms with Gasteiger partial charge in [-0.3, -0.25) is 0 Å². The maximum absolute atomic E-state index is 10.9. The summed E-state index contributed by atoms with van der Waals surface area (Å²) in [6.07, 6.45) is 15.2. The zero-order valence-electron chi connectivity index (χ0n) is 22.8. The predicted molar refractivity (Wildman–Crippen MR) is 129 cm³/mol. The quantitative estimate of drug-likeness (QED) is 0.477. The van der Waals surface area contributed by atoms with Crippen LogP contribution in [0.15, 0.2) is 47.6 Å². The molecule has 3 fully saturated rings. The van der Waals surface area contributed by atoms with E-state index < -0.39 is 18.1 Å². The van der Waals surface area contributed by atoms with Crippen LogP contribution in [0.25, 0.3) is 0 Å². The molecule has 0 aromatic heterocycles. The van der Waals surface area contributed by atoms with E-state index in [4.69, 9.17) is 4.11 Å². The van der Waals surface area contributed by atoms with Crippen molar-refractivity contribution in [3.63, 3.8) is 0 Å². The number of hydrogen-bond acceptors (Lipinski definition) is 3. The van der Waals surface area contributed by atoms with Gasteiger partial charge in [-0.25, -0.2) is 0 Å². The molecule has 3 heteroatoms. The first kappa shape index (κ1) is 20.4. The monoisotopic (exact) mass is 431 g/mol. The minimum atomic E-state index is -2.73. The van der Waals surface area contributed by atoms with Crippen LogP contribution in [0, 0.1) is 23.2 Å². The third kappa shape index (κ3) is 5.10. The van der Waals surface area contributed by atoms with E-state index in [1.54, 1.807) is 0 Å². The maximum Gasteiger partial charge on any atom is 0.108 e. The summed E-state index contributed by atoms with van der Waals surface area (Å²) in [6, 6.07) is 0. The highest BCUT2D eigenvalue weighted by Gasteiger charge is 2.50. The molecule has 31 heavy (non-hydrogen) atoms. The molecular weight excluding hydrogens is 384 g/mol. The van der Waals surface area contributed by atoms with E-state index in [1.807, 2.05) is 6.08 Å². The van der Waals surface area contributed by atoms with Crippen LogP contribution in [0.4, 0.5) is 0 Å². The smallest absolute Gasteiger partial charge is 0.108 e. The molecule has 0 spiro atoms. The highest BCUT2D eigenvalue weighted by molar-refractivity contribution is 5.36. The van der Waals surface area contributed by atoms with Crippen molar-refractivity contribution < 1.29 is 19.4 Å². The number of hydrogen-bond donors (Lipinski definition) is 3. The average molecular weight is 432 g/mol. The predicted octanol–water partition coefficient (Wildman–Crippen LogP) is 5.87. The second kappa shape index (κ2) is 9.00. The van der Waals surface area contributed by atoms with Gasteiger partial charge in [0, 0.05) is 4.11 Å². The third-order valence-electron chi connectivity index (χ3n) is 8.43. The highest BCUT2D eigenvalue weighted by atomic mass is 16.3. The summed E-state index contributed by atoms with van der Waals surface area (Å²) in [5, 5.41) is 31.4. The van der Waals surface area contributed by atoms with Crippen molar-refractivity contribution in [3.05, 3.63) is 47.6 Å². The van der Waals surface area contributed by atoms with Crippen molar-refractivity contribution in [2.24, 2.45) is 23.2 Å². The molecule has 6 atom stereocenters. The van der Waals surface area contributed by atoms with Gasteiger partial charge in [0.15, 0.2) is 0 Å². The third-order valence-corrected chi connectivity index (χ3v) is 8.43. The van der Waals surface area contributed by atoms with Crippen LogP contribution in [0.3, 0.4) is 0 Å². The fourth-order valence-corrected chi connectivity index (χ4v) is 6.17. The largest absolute Gasteiger partial charge is 0.393 e. The molecule has 3 rings (SSSR count). The van der Waals surface area contributed by atoms with Gasteiger partial charge < -0.3 is 15.3 Å². The Bertz CT molecular complexity index is 847. The van der Waals surface area contributed by atoms with Gasteiger partial charge in [-0.05, 0) is 101 Å². The van der Waals surface area contributed by atoms with Crippen molar-refractivity contribution in [1.29, 1.82) is 0 Å². The molecule has 3 aliphatic rings. The van der Waals surface area contributed by atoms with Gasteiger partial charge in [-0.2, -0.15) is 0 Å². The lowest BCUT2D eigenvalue weighted by atomic mass is 9.61. The summed E-state index contributed by atoms with van der Waals surface area (Å²) in [7, 11) is 0. The Balaban J connectivity index is 1.81. The number of allylic oxidation sites excluding steroid dienone is 5. The maximum atomic E-state index is 10.9. The van der Waals surface area contributed by atoms with Crippen LogP contribution >= 0.6 is 0 Å². The Labute approximate surface area is 193 Å². The molecule has 0 aromatic carbocycles. The first-order valence-electron chi connectivity index (χ1n) is 13.5. The van der Waals surface area contributed by atoms with Crippen LogP contribution in [0.1, 0.15) is 90.0 Å². The summed E-state index contributed by atoms with van der Waals surface area (Å²) in [6.45, 7) is 8.62. The van der Waals surface area contributed by atoms with E-state index in [0.29, 0.717) is 18.3 Å². The second-order valence-electron chi connectivity index (χ2n) is 11.1. The summed E-state index contributed by atoms with van der Waals surface area (Å²) < 4.78 is 23.4. The Kier molecular flexibility index (Phi) is 5.94. The normalized spacial score (nSPS) is 39.8. The van der Waals surface area contributed by atoms with Crippen molar-refractivity contribution >= 4 is 0 Å². The van der Waals surface area contributed by atoms with E-state index in [0.717, 1.165) is 50.5 Å². The molecule has 0 aliphatic heterocycles. The van der Waals surface area contributed by atoms with Gasteiger partial charge in [0.05, 0.1) is 11.7 Å². The fourth-order valence-electron chi connectivity index (χ4n) is 6.17. The number of rotatable bonds is 5. The molecule has 0 aromatic rings. The van der Waals surface area contributed by atoms with Crippen molar-refractivity contribution in [3.8, 4) is 0 Å². The summed E-state index contributed by atoms with van der Waals surface area (Å²) >= 11 is 0. The average Bonchev–Trinajstić information content (AvgIpc) is 3.08. The highest BCUT2D eigenvalue weighted by Crippen LogP contribution is 2.59. The zero-order valence-corrected chi connectivity index (χ0v) is 19.8. The Hall–Kier alpha value is -1.16. The molecule has 3 nitrogen and oxygen atoms in total. The minimum absolute atomic E-state index is 0.0807. The van der Waals surface area contributed by atoms with Crippen LogP contribution < -0.4 is 0 Å². The number of aliphatic hydroxyl groups is 3. The van der Waals surface area contributed by atoms with E-state index >= 15 is 0 Å². The lowest BCUT2D eigenvalue weighted by Gasteiger charge is -2.44. The van der Waals surface area contributed by atoms with Crippen LogP contribution in [0.2, 0.25) is 0 Å². The Morgan fingerprint density at radius 2 is 1.94 bits per heavy atom.